The minimum absolute atomic E-state index is 0.141. The van der Waals surface area contributed by atoms with Crippen molar-refractivity contribution in [1.82, 2.24) is 10.6 Å². The lowest BCUT2D eigenvalue weighted by atomic mass is 10.3. The number of anilines is 1. The van der Waals surface area contributed by atoms with E-state index in [1.165, 1.54) is 0 Å². The van der Waals surface area contributed by atoms with E-state index in [0.29, 0.717) is 13.1 Å². The van der Waals surface area contributed by atoms with Gasteiger partial charge in [0.25, 0.3) is 0 Å². The van der Waals surface area contributed by atoms with E-state index in [9.17, 15) is 9.59 Å². The lowest BCUT2D eigenvalue weighted by molar-refractivity contribution is -0.118. The first kappa shape index (κ1) is 14.8. The van der Waals surface area contributed by atoms with Crippen LogP contribution in [0.25, 0.3) is 0 Å². The number of rotatable bonds is 6. The lowest BCUT2D eigenvalue weighted by Crippen LogP contribution is -2.44. The third-order valence-corrected chi connectivity index (χ3v) is 2.50. The van der Waals surface area contributed by atoms with Crippen molar-refractivity contribution < 1.29 is 9.59 Å². The topological polar surface area (TPSA) is 61.4 Å². The predicted octanol–water partition coefficient (Wildman–Crippen LogP) is 1.52. The number of para-hydroxylation sites is 1. The second-order valence-corrected chi connectivity index (χ2v) is 3.90. The Morgan fingerprint density at radius 2 is 2.00 bits per heavy atom. The number of amides is 3. The summed E-state index contributed by atoms with van der Waals surface area (Å²) in [4.78, 5) is 24.9. The zero-order chi connectivity index (χ0) is 14.1. The summed E-state index contributed by atoms with van der Waals surface area (Å²) in [5.41, 5.74) is 0.951. The van der Waals surface area contributed by atoms with E-state index in [4.69, 9.17) is 0 Å². The molecule has 5 heteroatoms. The fourth-order valence-corrected chi connectivity index (χ4v) is 1.57. The average Bonchev–Trinajstić information content (AvgIpc) is 2.43. The number of imide groups is 1. The Balaban J connectivity index is 2.50. The molecule has 0 aliphatic heterocycles. The normalized spacial score (nSPS) is 9.53. The summed E-state index contributed by atoms with van der Waals surface area (Å²) in [6.07, 6.45) is 1.55. The lowest BCUT2D eigenvalue weighted by Gasteiger charge is -2.22. The molecule has 0 unspecified atom stereocenters. The summed E-state index contributed by atoms with van der Waals surface area (Å²) in [7, 11) is 0. The second-order valence-electron chi connectivity index (χ2n) is 3.90. The van der Waals surface area contributed by atoms with E-state index in [1.54, 1.807) is 6.08 Å². The molecule has 0 saturated carbocycles. The van der Waals surface area contributed by atoms with Crippen molar-refractivity contribution in [2.75, 3.05) is 24.5 Å². The van der Waals surface area contributed by atoms with E-state index >= 15 is 0 Å². The van der Waals surface area contributed by atoms with Gasteiger partial charge in [-0.3, -0.25) is 10.1 Å². The molecule has 102 valence electrons. The maximum Gasteiger partial charge on any atom is 0.321 e. The summed E-state index contributed by atoms with van der Waals surface area (Å²) in [5.74, 6) is -0.340. The number of carbonyl (C=O) groups excluding carboxylic acids is 2. The summed E-state index contributed by atoms with van der Waals surface area (Å²) in [5, 5.41) is 4.76. The highest BCUT2D eigenvalue weighted by molar-refractivity contribution is 5.96. The molecule has 19 heavy (non-hydrogen) atoms. The first-order chi connectivity index (χ1) is 9.17. The molecule has 0 spiro atoms. The number of urea groups is 1. The summed E-state index contributed by atoms with van der Waals surface area (Å²) >= 11 is 0. The first-order valence-electron chi connectivity index (χ1n) is 6.16. The van der Waals surface area contributed by atoms with E-state index in [0.717, 1.165) is 5.69 Å². The van der Waals surface area contributed by atoms with Crippen LogP contribution >= 0.6 is 0 Å². The first-order valence-corrected chi connectivity index (χ1v) is 6.16. The van der Waals surface area contributed by atoms with Crippen LogP contribution < -0.4 is 15.5 Å². The van der Waals surface area contributed by atoms with Crippen LogP contribution in [0.3, 0.4) is 0 Å². The standard InChI is InChI=1S/C14H19N3O2/c1-3-10-15-14(19)16-13(18)11-17(4-2)12-8-6-5-7-9-12/h3,5-9H,1,4,10-11H2,2H3,(H2,15,16,18,19). The zero-order valence-electron chi connectivity index (χ0n) is 11.1. The van der Waals surface area contributed by atoms with Gasteiger partial charge in [-0.25, -0.2) is 4.79 Å². The van der Waals surface area contributed by atoms with Gasteiger partial charge in [0.2, 0.25) is 5.91 Å². The SMILES string of the molecule is C=CCNC(=O)NC(=O)CN(CC)c1ccccc1. The van der Waals surface area contributed by atoms with Crippen LogP contribution in [-0.2, 0) is 4.79 Å². The van der Waals surface area contributed by atoms with Gasteiger partial charge in [-0.05, 0) is 19.1 Å². The van der Waals surface area contributed by atoms with Crippen molar-refractivity contribution in [3.05, 3.63) is 43.0 Å². The van der Waals surface area contributed by atoms with Gasteiger partial charge in [-0.1, -0.05) is 24.3 Å². The van der Waals surface area contributed by atoms with Crippen molar-refractivity contribution in [2.45, 2.75) is 6.92 Å². The van der Waals surface area contributed by atoms with Crippen molar-refractivity contribution in [1.29, 1.82) is 0 Å². The molecule has 0 aromatic heterocycles. The number of hydrogen-bond donors (Lipinski definition) is 2. The third kappa shape index (κ3) is 5.25. The number of nitrogens with zero attached hydrogens (tertiary/aromatic N) is 1. The summed E-state index contributed by atoms with van der Waals surface area (Å²) in [6, 6.07) is 9.08. The van der Waals surface area contributed by atoms with Gasteiger partial charge in [0, 0.05) is 18.8 Å². The van der Waals surface area contributed by atoms with E-state index < -0.39 is 6.03 Å². The third-order valence-electron chi connectivity index (χ3n) is 2.50. The highest BCUT2D eigenvalue weighted by Crippen LogP contribution is 2.11. The van der Waals surface area contributed by atoms with Crippen molar-refractivity contribution in [2.24, 2.45) is 0 Å². The van der Waals surface area contributed by atoms with Crippen molar-refractivity contribution in [3.63, 3.8) is 0 Å². The van der Waals surface area contributed by atoms with Gasteiger partial charge in [-0.15, -0.1) is 6.58 Å². The molecular weight excluding hydrogens is 242 g/mol. The molecule has 0 radical (unpaired) electrons. The molecule has 0 fully saturated rings. The maximum absolute atomic E-state index is 11.7. The highest BCUT2D eigenvalue weighted by atomic mass is 16.2. The Bertz CT molecular complexity index is 432. The largest absolute Gasteiger partial charge is 0.362 e. The number of likely N-dealkylation sites (N-methyl/N-ethyl adjacent to an activating group) is 1. The van der Waals surface area contributed by atoms with Crippen LogP contribution in [0.4, 0.5) is 10.5 Å². The molecule has 0 aliphatic carbocycles. The van der Waals surface area contributed by atoms with Crippen LogP contribution in [0, 0.1) is 0 Å². The fourth-order valence-electron chi connectivity index (χ4n) is 1.57. The molecule has 0 aliphatic rings. The highest BCUT2D eigenvalue weighted by Gasteiger charge is 2.11. The smallest absolute Gasteiger partial charge is 0.321 e. The van der Waals surface area contributed by atoms with Crippen LogP contribution in [-0.4, -0.2) is 31.6 Å². The van der Waals surface area contributed by atoms with Crippen LogP contribution in [0.1, 0.15) is 6.92 Å². The average molecular weight is 261 g/mol. The molecular formula is C14H19N3O2. The van der Waals surface area contributed by atoms with Gasteiger partial charge >= 0.3 is 6.03 Å². The van der Waals surface area contributed by atoms with Crippen molar-refractivity contribution in [3.8, 4) is 0 Å². The molecule has 3 amide bonds. The summed E-state index contributed by atoms with van der Waals surface area (Å²) in [6.45, 7) is 6.59. The Morgan fingerprint density at radius 3 is 2.58 bits per heavy atom. The van der Waals surface area contributed by atoms with E-state index in [-0.39, 0.29) is 12.5 Å². The molecule has 1 aromatic rings. The molecule has 1 rings (SSSR count). The molecule has 1 aromatic carbocycles. The number of hydrogen-bond acceptors (Lipinski definition) is 3. The van der Waals surface area contributed by atoms with Crippen LogP contribution in [0.5, 0.6) is 0 Å². The van der Waals surface area contributed by atoms with E-state index in [2.05, 4.69) is 17.2 Å². The molecule has 5 nitrogen and oxygen atoms in total. The van der Waals surface area contributed by atoms with Gasteiger partial charge in [-0.2, -0.15) is 0 Å². The van der Waals surface area contributed by atoms with Gasteiger partial charge in [0.1, 0.15) is 0 Å². The quantitative estimate of drug-likeness (QED) is 0.763. The van der Waals surface area contributed by atoms with Gasteiger partial charge in [0.15, 0.2) is 0 Å². The molecule has 2 N–H and O–H groups in total. The zero-order valence-corrected chi connectivity index (χ0v) is 11.1. The Kier molecular flexibility index (Phi) is 6.15. The summed E-state index contributed by atoms with van der Waals surface area (Å²) < 4.78 is 0. The van der Waals surface area contributed by atoms with Crippen LogP contribution in [0.15, 0.2) is 43.0 Å². The fraction of sp³-hybridized carbons (Fsp3) is 0.286. The Morgan fingerprint density at radius 1 is 1.32 bits per heavy atom. The van der Waals surface area contributed by atoms with Gasteiger partial charge < -0.3 is 10.2 Å². The molecule has 0 atom stereocenters. The Labute approximate surface area is 113 Å². The number of carbonyl (C=O) groups is 2. The maximum atomic E-state index is 11.7. The van der Waals surface area contributed by atoms with Crippen LogP contribution in [0.2, 0.25) is 0 Å². The Hall–Kier alpha value is -2.30. The number of benzene rings is 1. The van der Waals surface area contributed by atoms with Gasteiger partial charge in [0.05, 0.1) is 6.54 Å². The molecule has 0 saturated heterocycles. The van der Waals surface area contributed by atoms with Crippen molar-refractivity contribution >= 4 is 17.6 Å². The minimum Gasteiger partial charge on any atom is -0.362 e. The van der Waals surface area contributed by atoms with E-state index in [1.807, 2.05) is 42.2 Å². The molecule has 0 bridgehead atoms. The monoisotopic (exact) mass is 261 g/mol. The molecule has 0 heterocycles. The minimum atomic E-state index is -0.506. The predicted molar refractivity (Wildman–Crippen MR) is 76.1 cm³/mol. The second kappa shape index (κ2) is 7.92. The number of nitrogens with one attached hydrogen (secondary N) is 2.